The largest absolute Gasteiger partial charge is 0.466 e. The standard InChI is InChI=1S/C19H13Cl2NO4/c1-10(19(25)26-2)16(11-6-4-3-5-7-11)22-17(23)12-8-14(20)15(21)9-13(12)18(22)24/h3-9,16H,1H2,2H3/t16-/m0/s1. The van der Waals surface area contributed by atoms with Crippen LogP contribution in [0.25, 0.3) is 0 Å². The smallest absolute Gasteiger partial charge is 0.335 e. The molecule has 1 aliphatic heterocycles. The molecule has 0 radical (unpaired) electrons. The van der Waals surface area contributed by atoms with Gasteiger partial charge in [-0.25, -0.2) is 4.79 Å². The molecule has 0 saturated heterocycles. The van der Waals surface area contributed by atoms with E-state index in [2.05, 4.69) is 6.58 Å². The highest BCUT2D eigenvalue weighted by atomic mass is 35.5. The quantitative estimate of drug-likeness (QED) is 0.449. The SMILES string of the molecule is C=C(C(=O)OC)[C@@H](c1ccccc1)N1C(=O)c2cc(Cl)c(Cl)cc2C1=O. The Morgan fingerprint density at radius 1 is 1.04 bits per heavy atom. The zero-order valence-electron chi connectivity index (χ0n) is 13.7. The van der Waals surface area contributed by atoms with Gasteiger partial charge >= 0.3 is 5.97 Å². The summed E-state index contributed by atoms with van der Waals surface area (Å²) in [4.78, 5) is 38.9. The number of hydrogen-bond donors (Lipinski definition) is 0. The molecule has 132 valence electrons. The molecule has 0 aliphatic carbocycles. The second-order valence-corrected chi connectivity index (χ2v) is 6.44. The molecule has 0 unspecified atom stereocenters. The normalized spacial score (nSPS) is 14.2. The van der Waals surface area contributed by atoms with Crippen molar-refractivity contribution >= 4 is 41.0 Å². The van der Waals surface area contributed by atoms with Crippen molar-refractivity contribution in [2.75, 3.05) is 7.11 Å². The van der Waals surface area contributed by atoms with Gasteiger partial charge < -0.3 is 4.74 Å². The van der Waals surface area contributed by atoms with E-state index in [0.717, 1.165) is 4.90 Å². The lowest BCUT2D eigenvalue weighted by atomic mass is 9.98. The Balaban J connectivity index is 2.14. The number of carbonyl (C=O) groups is 3. The number of hydrogen-bond acceptors (Lipinski definition) is 4. The fourth-order valence-corrected chi connectivity index (χ4v) is 3.20. The summed E-state index contributed by atoms with van der Waals surface area (Å²) in [6.45, 7) is 3.74. The van der Waals surface area contributed by atoms with E-state index in [1.807, 2.05) is 0 Å². The van der Waals surface area contributed by atoms with Crippen molar-refractivity contribution in [2.24, 2.45) is 0 Å². The minimum atomic E-state index is -1.01. The van der Waals surface area contributed by atoms with Crippen LogP contribution in [0.1, 0.15) is 32.3 Å². The van der Waals surface area contributed by atoms with E-state index >= 15 is 0 Å². The number of imide groups is 1. The Hall–Kier alpha value is -2.63. The van der Waals surface area contributed by atoms with Crippen LogP contribution in [-0.4, -0.2) is 29.8 Å². The van der Waals surface area contributed by atoms with Crippen LogP contribution in [0, 0.1) is 0 Å². The van der Waals surface area contributed by atoms with Crippen LogP contribution in [0.15, 0.2) is 54.6 Å². The molecule has 5 nitrogen and oxygen atoms in total. The summed E-state index contributed by atoms with van der Waals surface area (Å²) in [5.74, 6) is -1.88. The molecule has 1 atom stereocenters. The zero-order valence-corrected chi connectivity index (χ0v) is 15.2. The maximum Gasteiger partial charge on any atom is 0.335 e. The van der Waals surface area contributed by atoms with Gasteiger partial charge in [0.1, 0.15) is 0 Å². The molecular formula is C19H13Cl2NO4. The van der Waals surface area contributed by atoms with Crippen LogP contribution in [0.2, 0.25) is 10.0 Å². The molecule has 7 heteroatoms. The summed E-state index contributed by atoms with van der Waals surface area (Å²) in [5.41, 5.74) is 0.769. The van der Waals surface area contributed by atoms with E-state index in [0.29, 0.717) is 5.56 Å². The van der Waals surface area contributed by atoms with Gasteiger partial charge in [0.05, 0.1) is 39.9 Å². The first kappa shape index (κ1) is 18.2. The van der Waals surface area contributed by atoms with Crippen LogP contribution in [0.4, 0.5) is 0 Å². The fraction of sp³-hybridized carbons (Fsp3) is 0.105. The van der Waals surface area contributed by atoms with Gasteiger partial charge in [-0.1, -0.05) is 60.1 Å². The predicted octanol–water partition coefficient (Wildman–Crippen LogP) is 4.06. The van der Waals surface area contributed by atoms with Gasteiger partial charge in [0.15, 0.2) is 0 Å². The van der Waals surface area contributed by atoms with Crippen LogP contribution >= 0.6 is 23.2 Å². The van der Waals surface area contributed by atoms with Crippen LogP contribution < -0.4 is 0 Å². The van der Waals surface area contributed by atoms with Gasteiger partial charge in [0.25, 0.3) is 11.8 Å². The summed E-state index contributed by atoms with van der Waals surface area (Å²) in [6.07, 6.45) is 0. The van der Waals surface area contributed by atoms with Gasteiger partial charge in [0.2, 0.25) is 0 Å². The number of fused-ring (bicyclic) bond motifs is 1. The topological polar surface area (TPSA) is 63.7 Å². The molecule has 2 amide bonds. The Kier molecular flexibility index (Phi) is 4.85. The van der Waals surface area contributed by atoms with E-state index in [4.69, 9.17) is 27.9 Å². The molecule has 2 aromatic carbocycles. The van der Waals surface area contributed by atoms with Crippen molar-refractivity contribution in [2.45, 2.75) is 6.04 Å². The highest BCUT2D eigenvalue weighted by Gasteiger charge is 2.43. The number of carbonyl (C=O) groups excluding carboxylic acids is 3. The summed E-state index contributed by atoms with van der Waals surface area (Å²) in [5, 5.41) is 0.327. The second kappa shape index (κ2) is 6.94. The van der Waals surface area contributed by atoms with Crippen molar-refractivity contribution in [1.29, 1.82) is 0 Å². The number of benzene rings is 2. The van der Waals surface area contributed by atoms with Crippen LogP contribution in [-0.2, 0) is 9.53 Å². The average Bonchev–Trinajstić information content (AvgIpc) is 2.87. The lowest BCUT2D eigenvalue weighted by Gasteiger charge is -2.27. The number of amides is 2. The molecule has 26 heavy (non-hydrogen) atoms. The fourth-order valence-electron chi connectivity index (χ4n) is 2.87. The zero-order chi connectivity index (χ0) is 19.0. The van der Waals surface area contributed by atoms with Gasteiger partial charge in [-0.3, -0.25) is 14.5 Å². The molecule has 0 saturated carbocycles. The minimum Gasteiger partial charge on any atom is -0.466 e. The lowest BCUT2D eigenvalue weighted by molar-refractivity contribution is -0.136. The summed E-state index contributed by atoms with van der Waals surface area (Å²) >= 11 is 12.0. The molecule has 2 aromatic rings. The number of halogens is 2. The van der Waals surface area contributed by atoms with Crippen molar-refractivity contribution in [3.8, 4) is 0 Å². The maximum absolute atomic E-state index is 12.9. The third-order valence-corrected chi connectivity index (χ3v) is 4.83. The highest BCUT2D eigenvalue weighted by Crippen LogP contribution is 2.38. The number of ether oxygens (including phenoxy) is 1. The first-order valence-corrected chi connectivity index (χ1v) is 8.31. The van der Waals surface area contributed by atoms with Crippen molar-refractivity contribution in [3.63, 3.8) is 0 Å². The molecule has 0 N–H and O–H groups in total. The number of esters is 1. The molecular weight excluding hydrogens is 377 g/mol. The van der Waals surface area contributed by atoms with E-state index in [-0.39, 0.29) is 26.7 Å². The Bertz CT molecular complexity index is 899. The molecule has 1 heterocycles. The molecule has 1 aliphatic rings. The molecule has 0 aromatic heterocycles. The highest BCUT2D eigenvalue weighted by molar-refractivity contribution is 6.43. The van der Waals surface area contributed by atoms with Gasteiger partial charge in [-0.15, -0.1) is 0 Å². The third kappa shape index (κ3) is 2.89. The molecule has 3 rings (SSSR count). The van der Waals surface area contributed by atoms with Crippen molar-refractivity contribution < 1.29 is 19.1 Å². The third-order valence-electron chi connectivity index (χ3n) is 4.11. The van der Waals surface area contributed by atoms with Crippen LogP contribution in [0.3, 0.4) is 0 Å². The first-order chi connectivity index (χ1) is 12.4. The van der Waals surface area contributed by atoms with E-state index in [1.54, 1.807) is 30.3 Å². The molecule has 0 fully saturated rings. The van der Waals surface area contributed by atoms with E-state index in [9.17, 15) is 14.4 Å². The van der Waals surface area contributed by atoms with E-state index < -0.39 is 23.8 Å². The Morgan fingerprint density at radius 3 is 2.00 bits per heavy atom. The monoisotopic (exact) mass is 389 g/mol. The Labute approximate surface area is 159 Å². The average molecular weight is 390 g/mol. The molecule has 0 bridgehead atoms. The van der Waals surface area contributed by atoms with Gasteiger partial charge in [-0.05, 0) is 17.7 Å². The van der Waals surface area contributed by atoms with E-state index in [1.165, 1.54) is 19.2 Å². The van der Waals surface area contributed by atoms with Gasteiger partial charge in [-0.2, -0.15) is 0 Å². The summed E-state index contributed by atoms with van der Waals surface area (Å²) in [6, 6.07) is 10.3. The summed E-state index contributed by atoms with van der Waals surface area (Å²) in [7, 11) is 1.21. The van der Waals surface area contributed by atoms with Crippen molar-refractivity contribution in [1.82, 2.24) is 4.90 Å². The first-order valence-electron chi connectivity index (χ1n) is 7.55. The maximum atomic E-state index is 12.9. The summed E-state index contributed by atoms with van der Waals surface area (Å²) < 4.78 is 4.73. The minimum absolute atomic E-state index is 0.0367. The van der Waals surface area contributed by atoms with Crippen LogP contribution in [0.5, 0.6) is 0 Å². The van der Waals surface area contributed by atoms with Crippen molar-refractivity contribution in [3.05, 3.63) is 81.4 Å². The predicted molar refractivity (Wildman–Crippen MR) is 97.3 cm³/mol. The number of nitrogens with zero attached hydrogens (tertiary/aromatic N) is 1. The second-order valence-electron chi connectivity index (χ2n) is 5.62. The lowest BCUT2D eigenvalue weighted by Crippen LogP contribution is -2.36. The molecule has 0 spiro atoms. The Morgan fingerprint density at radius 2 is 1.54 bits per heavy atom. The van der Waals surface area contributed by atoms with Gasteiger partial charge in [0, 0.05) is 0 Å². The number of methoxy groups -OCH3 is 1. The number of rotatable bonds is 4.